The lowest BCUT2D eigenvalue weighted by atomic mass is 9.76. The quantitative estimate of drug-likeness (QED) is 0.161. The molecule has 4 nitrogen and oxygen atoms in total. The number of aromatic nitrogens is 3. The zero-order valence-electron chi connectivity index (χ0n) is 31.3. The summed E-state index contributed by atoms with van der Waals surface area (Å²) in [6, 6.07) is 44.1. The molecule has 0 saturated heterocycles. The van der Waals surface area contributed by atoms with E-state index in [1.165, 1.54) is 125 Å². The van der Waals surface area contributed by atoms with Crippen molar-refractivity contribution < 1.29 is 4.74 Å². The van der Waals surface area contributed by atoms with Crippen molar-refractivity contribution in [2.45, 2.75) is 82.0 Å². The van der Waals surface area contributed by atoms with E-state index >= 15 is 0 Å². The highest BCUT2D eigenvalue weighted by molar-refractivity contribution is 6.12. The minimum atomic E-state index is 0.0665. The summed E-state index contributed by atoms with van der Waals surface area (Å²) in [5.41, 5.74) is 14.0. The van der Waals surface area contributed by atoms with E-state index in [-0.39, 0.29) is 5.92 Å². The highest BCUT2D eigenvalue weighted by Gasteiger charge is 2.31. The number of rotatable bonds is 6. The van der Waals surface area contributed by atoms with Crippen LogP contribution in [0.2, 0.25) is 0 Å². The summed E-state index contributed by atoms with van der Waals surface area (Å²) < 4.78 is 9.26. The molecule has 0 bridgehead atoms. The second-order valence-electron chi connectivity index (χ2n) is 16.1. The molecule has 4 heteroatoms. The molecule has 3 aliphatic carbocycles. The van der Waals surface area contributed by atoms with E-state index in [0.29, 0.717) is 11.8 Å². The molecule has 0 aliphatic heterocycles. The Bertz CT molecular complexity index is 2680. The lowest BCUT2D eigenvalue weighted by molar-refractivity contribution is 0.436. The molecular weight excluding hydrogens is 671 g/mol. The Kier molecular flexibility index (Phi) is 8.04. The molecule has 2 saturated carbocycles. The molecule has 1 unspecified atom stereocenters. The maximum Gasteiger partial charge on any atom is 0.145 e. The third-order valence-corrected chi connectivity index (χ3v) is 13.0. The zero-order valence-corrected chi connectivity index (χ0v) is 31.3. The van der Waals surface area contributed by atoms with Gasteiger partial charge in [-0.25, -0.2) is 4.98 Å². The van der Waals surface area contributed by atoms with Gasteiger partial charge in [0.2, 0.25) is 0 Å². The summed E-state index contributed by atoms with van der Waals surface area (Å²) >= 11 is 0. The van der Waals surface area contributed by atoms with E-state index in [1.807, 2.05) is 12.3 Å². The van der Waals surface area contributed by atoms with Crippen molar-refractivity contribution in [3.63, 3.8) is 0 Å². The third kappa shape index (κ3) is 5.48. The van der Waals surface area contributed by atoms with Crippen molar-refractivity contribution in [3.8, 4) is 33.9 Å². The average Bonchev–Trinajstić information content (AvgIpc) is 3.84. The first-order chi connectivity index (χ1) is 27.3. The first-order valence-electron chi connectivity index (χ1n) is 20.6. The van der Waals surface area contributed by atoms with Crippen LogP contribution in [-0.4, -0.2) is 14.4 Å². The maximum atomic E-state index is 6.79. The molecule has 3 aliphatic rings. The van der Waals surface area contributed by atoms with Crippen molar-refractivity contribution in [1.29, 1.82) is 0 Å². The van der Waals surface area contributed by atoms with Gasteiger partial charge in [-0.3, -0.25) is 9.38 Å². The highest BCUT2D eigenvalue weighted by Crippen LogP contribution is 2.50. The number of fused-ring (bicyclic) bond motifs is 9. The second-order valence-corrected chi connectivity index (χ2v) is 16.1. The minimum absolute atomic E-state index is 0.0665. The molecule has 1 atom stereocenters. The molecule has 8 aromatic rings. The molecule has 3 heterocycles. The Balaban J connectivity index is 1.06. The van der Waals surface area contributed by atoms with Crippen LogP contribution in [0.4, 0.5) is 0 Å². The number of pyridine rings is 2. The van der Waals surface area contributed by atoms with E-state index in [1.54, 1.807) is 0 Å². The van der Waals surface area contributed by atoms with Gasteiger partial charge in [0.05, 0.1) is 29.0 Å². The molecule has 11 rings (SSSR count). The molecular formula is C51H45N3O. The van der Waals surface area contributed by atoms with Crippen LogP contribution < -0.4 is 4.74 Å². The van der Waals surface area contributed by atoms with Crippen LogP contribution in [0.25, 0.3) is 49.7 Å². The van der Waals surface area contributed by atoms with Gasteiger partial charge in [0.15, 0.2) is 0 Å². The molecule has 55 heavy (non-hydrogen) atoms. The summed E-state index contributed by atoms with van der Waals surface area (Å²) in [6.45, 7) is 0. The minimum Gasteiger partial charge on any atom is -0.457 e. The standard InChI is InChI=1S/C51H45N3O/c1-3-14-33(15-4-1)37-21-13-22-38(34-16-5-2-6-17-34)50(37)48-32-53-51-45-31-36(26-28-41(45)42-19-9-10-24-47(42)54(48)51)55-35-25-27-40-39-18-7-8-20-43(39)49(44(40)30-35)46-23-11-12-29-52-46/h7-13,18-34,49H,1-6,14-17H2. The van der Waals surface area contributed by atoms with Gasteiger partial charge in [-0.15, -0.1) is 0 Å². The number of para-hydroxylation sites is 1. The summed E-state index contributed by atoms with van der Waals surface area (Å²) in [6.07, 6.45) is 17.2. The van der Waals surface area contributed by atoms with Gasteiger partial charge in [0.1, 0.15) is 17.1 Å². The van der Waals surface area contributed by atoms with E-state index in [2.05, 4.69) is 126 Å². The van der Waals surface area contributed by atoms with Crippen LogP contribution in [0, 0.1) is 0 Å². The van der Waals surface area contributed by atoms with Crippen LogP contribution in [0.5, 0.6) is 11.5 Å². The first kappa shape index (κ1) is 32.7. The Morgan fingerprint density at radius 3 is 1.96 bits per heavy atom. The molecule has 5 aromatic carbocycles. The maximum absolute atomic E-state index is 6.79. The fourth-order valence-corrected chi connectivity index (χ4v) is 10.5. The van der Waals surface area contributed by atoms with Crippen LogP contribution in [0.3, 0.4) is 0 Å². The summed E-state index contributed by atoms with van der Waals surface area (Å²) in [5.74, 6) is 2.90. The summed E-state index contributed by atoms with van der Waals surface area (Å²) in [7, 11) is 0. The molecule has 0 amide bonds. The van der Waals surface area contributed by atoms with E-state index < -0.39 is 0 Å². The van der Waals surface area contributed by atoms with Crippen molar-refractivity contribution >= 4 is 27.3 Å². The van der Waals surface area contributed by atoms with Crippen molar-refractivity contribution in [2.75, 3.05) is 0 Å². The van der Waals surface area contributed by atoms with E-state index in [0.717, 1.165) is 28.2 Å². The van der Waals surface area contributed by atoms with Crippen molar-refractivity contribution in [3.05, 3.63) is 162 Å². The topological polar surface area (TPSA) is 39.4 Å². The fourth-order valence-electron chi connectivity index (χ4n) is 10.5. The van der Waals surface area contributed by atoms with Gasteiger partial charge < -0.3 is 4.74 Å². The third-order valence-electron chi connectivity index (χ3n) is 13.0. The monoisotopic (exact) mass is 715 g/mol. The van der Waals surface area contributed by atoms with Crippen LogP contribution in [-0.2, 0) is 0 Å². The lowest BCUT2D eigenvalue weighted by Crippen LogP contribution is -2.12. The van der Waals surface area contributed by atoms with Crippen LogP contribution in [0.1, 0.15) is 110 Å². The average molecular weight is 716 g/mol. The summed E-state index contributed by atoms with van der Waals surface area (Å²) in [5, 5.41) is 3.54. The predicted molar refractivity (Wildman–Crippen MR) is 224 cm³/mol. The van der Waals surface area contributed by atoms with Crippen molar-refractivity contribution in [1.82, 2.24) is 14.4 Å². The van der Waals surface area contributed by atoms with Gasteiger partial charge in [0.25, 0.3) is 0 Å². The smallest absolute Gasteiger partial charge is 0.145 e. The molecule has 0 radical (unpaired) electrons. The molecule has 0 N–H and O–H groups in total. The van der Waals surface area contributed by atoms with Crippen LogP contribution >= 0.6 is 0 Å². The van der Waals surface area contributed by atoms with Gasteiger partial charge in [0, 0.05) is 22.5 Å². The Labute approximate surface area is 322 Å². The van der Waals surface area contributed by atoms with E-state index in [9.17, 15) is 0 Å². The van der Waals surface area contributed by atoms with Gasteiger partial charge >= 0.3 is 0 Å². The Hall–Kier alpha value is -5.74. The number of ether oxygens (including phenoxy) is 1. The van der Waals surface area contributed by atoms with Crippen molar-refractivity contribution in [2.24, 2.45) is 0 Å². The number of nitrogens with zero attached hydrogens (tertiary/aromatic N) is 3. The highest BCUT2D eigenvalue weighted by atomic mass is 16.5. The zero-order chi connectivity index (χ0) is 36.3. The van der Waals surface area contributed by atoms with Crippen LogP contribution in [0.15, 0.2) is 134 Å². The molecule has 3 aromatic heterocycles. The largest absolute Gasteiger partial charge is 0.457 e. The number of hydrogen-bond donors (Lipinski definition) is 0. The fraction of sp³-hybridized carbons (Fsp3) is 0.255. The first-order valence-corrected chi connectivity index (χ1v) is 20.6. The number of hydrogen-bond acceptors (Lipinski definition) is 3. The molecule has 0 spiro atoms. The normalized spacial score (nSPS) is 17.5. The summed E-state index contributed by atoms with van der Waals surface area (Å²) in [4.78, 5) is 10.1. The van der Waals surface area contributed by atoms with E-state index in [4.69, 9.17) is 14.7 Å². The lowest BCUT2D eigenvalue weighted by Gasteiger charge is -2.29. The Morgan fingerprint density at radius 2 is 1.18 bits per heavy atom. The second kappa shape index (κ2) is 13.5. The number of benzene rings is 5. The SMILES string of the molecule is c1ccc(C2c3ccccc3-c3ccc(Oc4ccc5c6ccccc6n6c(-c7c(C8CCCCC8)cccc7C7CCCCC7)cnc6c5c4)cc32)nc1. The molecule has 270 valence electrons. The van der Waals surface area contributed by atoms with Gasteiger partial charge in [-0.2, -0.15) is 0 Å². The van der Waals surface area contributed by atoms with Gasteiger partial charge in [-0.05, 0) is 125 Å². The van der Waals surface area contributed by atoms with Gasteiger partial charge in [-0.1, -0.05) is 111 Å². The molecule has 2 fully saturated rings. The number of imidazole rings is 1. The predicted octanol–water partition coefficient (Wildman–Crippen LogP) is 13.8. The Morgan fingerprint density at radius 1 is 0.509 bits per heavy atom.